The van der Waals surface area contributed by atoms with Crippen molar-refractivity contribution in [2.45, 2.75) is 58.5 Å². The molecule has 0 bridgehead atoms. The lowest BCUT2D eigenvalue weighted by Gasteiger charge is -2.13. The van der Waals surface area contributed by atoms with Crippen molar-refractivity contribution in [3.8, 4) is 6.07 Å². The van der Waals surface area contributed by atoms with Gasteiger partial charge in [0.15, 0.2) is 5.05 Å². The Morgan fingerprint density at radius 3 is 2.71 bits per heavy atom. The second-order valence-electron chi connectivity index (χ2n) is 3.48. The van der Waals surface area contributed by atoms with Crippen LogP contribution in [0.4, 0.5) is 0 Å². The van der Waals surface area contributed by atoms with Gasteiger partial charge in [0.2, 0.25) is 0 Å². The Morgan fingerprint density at radius 2 is 2.14 bits per heavy atom. The first-order valence-corrected chi connectivity index (χ1v) is 5.68. The number of hydrogen-bond donors (Lipinski definition) is 0. The fourth-order valence-corrected chi connectivity index (χ4v) is 1.48. The number of thiocarbonyl (C=S) groups is 1. The quantitative estimate of drug-likeness (QED) is 0.478. The summed E-state index contributed by atoms with van der Waals surface area (Å²) in [4.78, 5) is 0. The van der Waals surface area contributed by atoms with Gasteiger partial charge in [0.1, 0.15) is 6.42 Å². The molecule has 0 aliphatic heterocycles. The molecule has 0 saturated heterocycles. The molecule has 0 aliphatic rings. The Balaban J connectivity index is 3.41. The largest absolute Gasteiger partial charge is 0.483 e. The summed E-state index contributed by atoms with van der Waals surface area (Å²) in [5, 5.41) is 8.80. The van der Waals surface area contributed by atoms with Gasteiger partial charge in [-0.05, 0) is 32.0 Å². The van der Waals surface area contributed by atoms with Crippen molar-refractivity contribution in [1.29, 1.82) is 5.26 Å². The van der Waals surface area contributed by atoms with Gasteiger partial charge < -0.3 is 4.74 Å². The average molecular weight is 213 g/mol. The van der Waals surface area contributed by atoms with E-state index in [-0.39, 0.29) is 12.5 Å². The van der Waals surface area contributed by atoms with Crippen LogP contribution in [-0.2, 0) is 4.74 Å². The number of nitrogens with zero attached hydrogens (tertiary/aromatic N) is 1. The Morgan fingerprint density at radius 1 is 1.43 bits per heavy atom. The van der Waals surface area contributed by atoms with Gasteiger partial charge in [-0.2, -0.15) is 5.26 Å². The van der Waals surface area contributed by atoms with Gasteiger partial charge in [0.25, 0.3) is 0 Å². The summed E-state index contributed by atoms with van der Waals surface area (Å²) in [5.74, 6) is 0. The molecule has 3 heteroatoms. The minimum atomic E-state index is 0.160. The standard InChI is InChI=1S/C11H19NOS/c1-3-4-5-6-7-10(2)13-11(14)8-9-12/h10H,3-8H2,1-2H3. The van der Waals surface area contributed by atoms with Crippen molar-refractivity contribution < 1.29 is 4.74 Å². The van der Waals surface area contributed by atoms with E-state index in [9.17, 15) is 0 Å². The average Bonchev–Trinajstić information content (AvgIpc) is 2.13. The molecule has 0 aliphatic carbocycles. The molecule has 1 unspecified atom stereocenters. The van der Waals surface area contributed by atoms with E-state index in [2.05, 4.69) is 6.92 Å². The molecule has 2 nitrogen and oxygen atoms in total. The molecular formula is C11H19NOS. The molecule has 0 N–H and O–H groups in total. The topological polar surface area (TPSA) is 33.0 Å². The zero-order valence-electron chi connectivity index (χ0n) is 9.08. The number of nitriles is 1. The van der Waals surface area contributed by atoms with Crippen LogP contribution in [0.5, 0.6) is 0 Å². The maximum atomic E-state index is 8.38. The second-order valence-corrected chi connectivity index (χ2v) is 3.94. The lowest BCUT2D eigenvalue weighted by molar-refractivity contribution is 0.195. The highest BCUT2D eigenvalue weighted by atomic mass is 32.1. The summed E-state index contributed by atoms with van der Waals surface area (Å²) in [7, 11) is 0. The van der Waals surface area contributed by atoms with E-state index in [0.29, 0.717) is 5.05 Å². The van der Waals surface area contributed by atoms with E-state index in [4.69, 9.17) is 22.2 Å². The van der Waals surface area contributed by atoms with Gasteiger partial charge in [-0.15, -0.1) is 0 Å². The van der Waals surface area contributed by atoms with Crippen LogP contribution in [0.25, 0.3) is 0 Å². The number of rotatable bonds is 7. The normalized spacial score (nSPS) is 11.8. The van der Waals surface area contributed by atoms with E-state index >= 15 is 0 Å². The van der Waals surface area contributed by atoms with Gasteiger partial charge in [-0.25, -0.2) is 0 Å². The van der Waals surface area contributed by atoms with Gasteiger partial charge >= 0.3 is 0 Å². The van der Waals surface area contributed by atoms with Gasteiger partial charge in [-0.3, -0.25) is 0 Å². The van der Waals surface area contributed by atoms with E-state index in [1.807, 2.05) is 13.0 Å². The fourth-order valence-electron chi connectivity index (χ4n) is 1.25. The van der Waals surface area contributed by atoms with Crippen LogP contribution < -0.4 is 0 Å². The van der Waals surface area contributed by atoms with Crippen LogP contribution >= 0.6 is 12.2 Å². The highest BCUT2D eigenvalue weighted by Gasteiger charge is 2.05. The van der Waals surface area contributed by atoms with Crippen LogP contribution in [-0.4, -0.2) is 11.2 Å². The summed E-state index contributed by atoms with van der Waals surface area (Å²) >= 11 is 4.89. The van der Waals surface area contributed by atoms with Crippen molar-refractivity contribution in [1.82, 2.24) is 0 Å². The SMILES string of the molecule is CCCCCCC(C)OC(=S)CC#N. The first-order valence-electron chi connectivity index (χ1n) is 5.27. The highest BCUT2D eigenvalue weighted by molar-refractivity contribution is 7.80. The summed E-state index contributed by atoms with van der Waals surface area (Å²) in [6, 6.07) is 1.98. The number of unbranched alkanes of at least 4 members (excludes halogenated alkanes) is 3. The third-order valence-electron chi connectivity index (χ3n) is 2.02. The van der Waals surface area contributed by atoms with E-state index in [1.54, 1.807) is 0 Å². The van der Waals surface area contributed by atoms with E-state index < -0.39 is 0 Å². The lowest BCUT2D eigenvalue weighted by Crippen LogP contribution is -2.12. The molecule has 0 radical (unpaired) electrons. The molecule has 0 rings (SSSR count). The van der Waals surface area contributed by atoms with Crippen molar-refractivity contribution in [2.24, 2.45) is 0 Å². The number of hydrogen-bond acceptors (Lipinski definition) is 3. The molecule has 0 saturated carbocycles. The zero-order valence-corrected chi connectivity index (χ0v) is 9.90. The third-order valence-corrected chi connectivity index (χ3v) is 2.26. The van der Waals surface area contributed by atoms with Crippen LogP contribution in [0.3, 0.4) is 0 Å². The Bertz CT molecular complexity index is 198. The lowest BCUT2D eigenvalue weighted by atomic mass is 10.1. The molecule has 14 heavy (non-hydrogen) atoms. The van der Waals surface area contributed by atoms with Crippen LogP contribution in [0.1, 0.15) is 52.4 Å². The molecule has 80 valence electrons. The first-order chi connectivity index (χ1) is 6.70. The van der Waals surface area contributed by atoms with Crippen molar-refractivity contribution in [3.05, 3.63) is 0 Å². The molecule has 0 aromatic carbocycles. The van der Waals surface area contributed by atoms with Crippen molar-refractivity contribution >= 4 is 17.3 Å². The molecule has 0 aromatic heterocycles. The minimum absolute atomic E-state index is 0.160. The fraction of sp³-hybridized carbons (Fsp3) is 0.818. The molecule has 0 spiro atoms. The number of ether oxygens (including phenoxy) is 1. The molecule has 0 fully saturated rings. The molecule has 0 heterocycles. The predicted molar refractivity (Wildman–Crippen MR) is 62.1 cm³/mol. The Labute approximate surface area is 92.3 Å². The summed E-state index contributed by atoms with van der Waals surface area (Å²) in [6.45, 7) is 4.21. The van der Waals surface area contributed by atoms with Crippen LogP contribution in [0.2, 0.25) is 0 Å². The summed E-state index contributed by atoms with van der Waals surface area (Å²) in [5.41, 5.74) is 0. The maximum Gasteiger partial charge on any atom is 0.174 e. The highest BCUT2D eigenvalue weighted by Crippen LogP contribution is 2.08. The monoisotopic (exact) mass is 213 g/mol. The van der Waals surface area contributed by atoms with E-state index in [0.717, 1.165) is 6.42 Å². The minimum Gasteiger partial charge on any atom is -0.483 e. The van der Waals surface area contributed by atoms with Crippen molar-refractivity contribution in [2.75, 3.05) is 0 Å². The molecular weight excluding hydrogens is 194 g/mol. The third kappa shape index (κ3) is 8.00. The van der Waals surface area contributed by atoms with Gasteiger partial charge in [0, 0.05) is 0 Å². The van der Waals surface area contributed by atoms with Gasteiger partial charge in [-0.1, -0.05) is 26.2 Å². The predicted octanol–water partition coefficient (Wildman–Crippen LogP) is 3.60. The van der Waals surface area contributed by atoms with Crippen LogP contribution in [0.15, 0.2) is 0 Å². The molecule has 0 aromatic rings. The Hall–Kier alpha value is -0.620. The summed E-state index contributed by atoms with van der Waals surface area (Å²) in [6.07, 6.45) is 6.41. The van der Waals surface area contributed by atoms with Crippen LogP contribution in [0, 0.1) is 11.3 Å². The van der Waals surface area contributed by atoms with Gasteiger partial charge in [0.05, 0.1) is 12.2 Å². The first kappa shape index (κ1) is 13.4. The second kappa shape index (κ2) is 8.96. The van der Waals surface area contributed by atoms with Crippen molar-refractivity contribution in [3.63, 3.8) is 0 Å². The molecule has 1 atom stereocenters. The van der Waals surface area contributed by atoms with E-state index in [1.165, 1.54) is 25.7 Å². The summed E-state index contributed by atoms with van der Waals surface area (Å²) < 4.78 is 5.38. The maximum absolute atomic E-state index is 8.38. The smallest absolute Gasteiger partial charge is 0.174 e. The zero-order chi connectivity index (χ0) is 10.8. The Kier molecular flexibility index (Phi) is 8.56. The molecule has 0 amide bonds.